The maximum absolute atomic E-state index is 12.1. The van der Waals surface area contributed by atoms with Crippen LogP contribution in [-0.4, -0.2) is 25.1 Å². The summed E-state index contributed by atoms with van der Waals surface area (Å²) >= 11 is 1.33. The lowest BCUT2D eigenvalue weighted by atomic mass is 10.1. The molecule has 0 radical (unpaired) electrons. The molecular weight excluding hydrogens is 278 g/mol. The van der Waals surface area contributed by atoms with Crippen LogP contribution in [0.2, 0.25) is 0 Å². The fourth-order valence-electron chi connectivity index (χ4n) is 2.27. The van der Waals surface area contributed by atoms with Gasteiger partial charge in [-0.25, -0.2) is 4.79 Å². The molecule has 0 spiro atoms. The van der Waals surface area contributed by atoms with Crippen molar-refractivity contribution in [2.75, 3.05) is 18.5 Å². The fourth-order valence-corrected chi connectivity index (χ4v) is 3.38. The molecule has 0 atom stereocenters. The van der Waals surface area contributed by atoms with Crippen LogP contribution in [0.1, 0.15) is 42.1 Å². The second-order valence-corrected chi connectivity index (χ2v) is 5.99. The number of rotatable bonds is 4. The normalized spacial score (nSPS) is 17.1. The molecule has 3 rings (SSSR count). The zero-order valence-electron chi connectivity index (χ0n) is 11.4. The number of hydrogen-bond donors (Lipinski definition) is 1. The first-order valence-corrected chi connectivity index (χ1v) is 7.78. The summed E-state index contributed by atoms with van der Waals surface area (Å²) in [5, 5.41) is 4.19. The molecule has 1 aromatic rings. The molecule has 2 heterocycles. The Hall–Kier alpha value is -1.56. The Balaban J connectivity index is 1.91. The first kappa shape index (κ1) is 13.4. The van der Waals surface area contributed by atoms with E-state index in [9.17, 15) is 9.59 Å². The summed E-state index contributed by atoms with van der Waals surface area (Å²) in [6.07, 6.45) is 3.54. The van der Waals surface area contributed by atoms with Crippen LogP contribution in [-0.2, 0) is 16.0 Å². The highest BCUT2D eigenvalue weighted by Gasteiger charge is 2.33. The van der Waals surface area contributed by atoms with E-state index in [4.69, 9.17) is 9.47 Å². The van der Waals surface area contributed by atoms with Crippen LogP contribution in [0.15, 0.2) is 0 Å². The molecular formula is C14H17NO4S. The van der Waals surface area contributed by atoms with Crippen molar-refractivity contribution >= 4 is 28.2 Å². The molecule has 0 saturated heterocycles. The number of fused-ring (bicyclic) bond motifs is 1. The second-order valence-electron chi connectivity index (χ2n) is 5.01. The molecule has 1 aliphatic carbocycles. The molecule has 1 N–H and O–H groups in total. The summed E-state index contributed by atoms with van der Waals surface area (Å²) in [5.41, 5.74) is 1.37. The Morgan fingerprint density at radius 2 is 2.25 bits per heavy atom. The number of anilines is 1. The maximum Gasteiger partial charge on any atom is 0.341 e. The highest BCUT2D eigenvalue weighted by molar-refractivity contribution is 7.18. The number of esters is 1. The lowest BCUT2D eigenvalue weighted by Crippen LogP contribution is -2.17. The van der Waals surface area contributed by atoms with E-state index in [1.54, 1.807) is 6.92 Å². The molecule has 1 fully saturated rings. The van der Waals surface area contributed by atoms with Gasteiger partial charge in [0.05, 0.1) is 13.2 Å². The molecule has 20 heavy (non-hydrogen) atoms. The van der Waals surface area contributed by atoms with E-state index in [0.29, 0.717) is 23.8 Å². The predicted molar refractivity (Wildman–Crippen MR) is 75.4 cm³/mol. The van der Waals surface area contributed by atoms with Crippen LogP contribution in [0.5, 0.6) is 5.06 Å². The molecule has 1 saturated carbocycles. The van der Waals surface area contributed by atoms with Crippen molar-refractivity contribution < 1.29 is 19.1 Å². The smallest absolute Gasteiger partial charge is 0.341 e. The van der Waals surface area contributed by atoms with Crippen LogP contribution in [0.3, 0.4) is 0 Å². The molecule has 108 valence electrons. The Kier molecular flexibility index (Phi) is 3.65. The lowest BCUT2D eigenvalue weighted by Gasteiger charge is -2.13. The largest absolute Gasteiger partial charge is 0.484 e. The fraction of sp³-hybridized carbons (Fsp3) is 0.571. The Morgan fingerprint density at radius 3 is 2.95 bits per heavy atom. The zero-order valence-corrected chi connectivity index (χ0v) is 12.2. The van der Waals surface area contributed by atoms with Crippen LogP contribution in [0.25, 0.3) is 0 Å². The van der Waals surface area contributed by atoms with Crippen molar-refractivity contribution in [3.63, 3.8) is 0 Å². The summed E-state index contributed by atoms with van der Waals surface area (Å²) in [6.45, 7) is 2.75. The van der Waals surface area contributed by atoms with Crippen LogP contribution in [0, 0.1) is 5.92 Å². The number of nitrogens with one attached hydrogen (secondary N) is 1. The average Bonchev–Trinajstić information content (AvgIpc) is 3.21. The van der Waals surface area contributed by atoms with Crippen molar-refractivity contribution in [1.29, 1.82) is 0 Å². The Labute approximate surface area is 121 Å². The summed E-state index contributed by atoms with van der Waals surface area (Å²) in [6, 6.07) is 0. The number of carbonyl (C=O) groups is 2. The van der Waals surface area contributed by atoms with E-state index >= 15 is 0 Å². The predicted octanol–water partition coefficient (Wildman–Crippen LogP) is 2.60. The Morgan fingerprint density at radius 1 is 1.45 bits per heavy atom. The van der Waals surface area contributed by atoms with Gasteiger partial charge in [-0.15, -0.1) is 0 Å². The summed E-state index contributed by atoms with van der Waals surface area (Å²) < 4.78 is 10.7. The summed E-state index contributed by atoms with van der Waals surface area (Å²) in [7, 11) is 0. The van der Waals surface area contributed by atoms with Gasteiger partial charge in [0.15, 0.2) is 5.06 Å². The highest BCUT2D eigenvalue weighted by atomic mass is 32.1. The van der Waals surface area contributed by atoms with Crippen molar-refractivity contribution in [2.24, 2.45) is 5.92 Å². The van der Waals surface area contributed by atoms with Crippen molar-refractivity contribution in [3.8, 4) is 5.06 Å². The standard InChI is InChI=1S/C14H17NO4S/c1-2-18-13(17)10-9-4-3-7-19-14(9)20-12(10)15-11(16)8-5-6-8/h8H,2-7H2,1H3,(H,15,16). The van der Waals surface area contributed by atoms with Gasteiger partial charge in [0, 0.05) is 11.5 Å². The molecule has 2 aliphatic rings. The number of hydrogen-bond acceptors (Lipinski definition) is 5. The van der Waals surface area contributed by atoms with Gasteiger partial charge in [0.25, 0.3) is 0 Å². The maximum atomic E-state index is 12.1. The van der Waals surface area contributed by atoms with Crippen molar-refractivity contribution in [3.05, 3.63) is 11.1 Å². The van der Waals surface area contributed by atoms with Gasteiger partial charge >= 0.3 is 5.97 Å². The molecule has 0 aromatic carbocycles. The number of carbonyl (C=O) groups excluding carboxylic acids is 2. The van der Waals surface area contributed by atoms with Crippen LogP contribution in [0.4, 0.5) is 5.00 Å². The van der Waals surface area contributed by atoms with Crippen molar-refractivity contribution in [1.82, 2.24) is 0 Å². The minimum atomic E-state index is -0.374. The van der Waals surface area contributed by atoms with Gasteiger partial charge < -0.3 is 14.8 Å². The minimum absolute atomic E-state index is 0.00542. The topological polar surface area (TPSA) is 64.6 Å². The number of thiophene rings is 1. The van der Waals surface area contributed by atoms with Gasteiger partial charge in [-0.2, -0.15) is 0 Å². The molecule has 0 bridgehead atoms. The first-order valence-electron chi connectivity index (χ1n) is 6.97. The first-order chi connectivity index (χ1) is 9.70. The number of amides is 1. The van der Waals surface area contributed by atoms with E-state index in [2.05, 4.69) is 5.32 Å². The second kappa shape index (κ2) is 5.44. The molecule has 6 heteroatoms. The minimum Gasteiger partial charge on any atom is -0.484 e. The van der Waals surface area contributed by atoms with E-state index < -0.39 is 0 Å². The van der Waals surface area contributed by atoms with E-state index in [-0.39, 0.29) is 17.8 Å². The molecule has 1 amide bonds. The van der Waals surface area contributed by atoms with Gasteiger partial charge in [0.1, 0.15) is 10.6 Å². The van der Waals surface area contributed by atoms with E-state index in [0.717, 1.165) is 36.3 Å². The third-order valence-electron chi connectivity index (χ3n) is 3.44. The number of ether oxygens (including phenoxy) is 2. The van der Waals surface area contributed by atoms with E-state index in [1.165, 1.54) is 11.3 Å². The van der Waals surface area contributed by atoms with E-state index in [1.807, 2.05) is 0 Å². The third kappa shape index (κ3) is 2.52. The lowest BCUT2D eigenvalue weighted by molar-refractivity contribution is -0.117. The average molecular weight is 295 g/mol. The summed E-state index contributed by atoms with van der Waals surface area (Å²) in [4.78, 5) is 24.1. The monoisotopic (exact) mass is 295 g/mol. The Bertz CT molecular complexity index is 548. The van der Waals surface area contributed by atoms with Crippen LogP contribution >= 0.6 is 11.3 Å². The SMILES string of the molecule is CCOC(=O)c1c(NC(=O)C2CC2)sc2c1CCCO2. The zero-order chi connectivity index (χ0) is 14.1. The van der Waals surface area contributed by atoms with Crippen molar-refractivity contribution in [2.45, 2.75) is 32.6 Å². The molecule has 5 nitrogen and oxygen atoms in total. The molecule has 1 aliphatic heterocycles. The molecule has 1 aromatic heterocycles. The van der Waals surface area contributed by atoms with Gasteiger partial charge in [-0.05, 0) is 32.6 Å². The highest BCUT2D eigenvalue weighted by Crippen LogP contribution is 2.43. The molecule has 0 unspecified atom stereocenters. The third-order valence-corrected chi connectivity index (χ3v) is 4.50. The van der Waals surface area contributed by atoms with Gasteiger partial charge in [-0.3, -0.25) is 4.79 Å². The quantitative estimate of drug-likeness (QED) is 0.867. The summed E-state index contributed by atoms with van der Waals surface area (Å²) in [5.74, 6) is -0.277. The van der Waals surface area contributed by atoms with Gasteiger partial charge in [0.2, 0.25) is 5.91 Å². The van der Waals surface area contributed by atoms with Crippen LogP contribution < -0.4 is 10.1 Å². The van der Waals surface area contributed by atoms with Gasteiger partial charge in [-0.1, -0.05) is 11.3 Å².